The van der Waals surface area contributed by atoms with Crippen LogP contribution in [0.2, 0.25) is 0 Å². The van der Waals surface area contributed by atoms with Crippen molar-refractivity contribution < 1.29 is 8.91 Å². The van der Waals surface area contributed by atoms with Crippen LogP contribution in [0.4, 0.5) is 4.39 Å². The number of piperidine rings is 1. The molecule has 27 heavy (non-hydrogen) atoms. The molecule has 2 saturated heterocycles. The summed E-state index contributed by atoms with van der Waals surface area (Å²) >= 11 is 0. The van der Waals surface area contributed by atoms with Gasteiger partial charge in [0.15, 0.2) is 0 Å². The Morgan fingerprint density at radius 2 is 1.81 bits per heavy atom. The topological polar surface area (TPSA) is 42.2 Å². The van der Waals surface area contributed by atoms with Crippen molar-refractivity contribution in [2.45, 2.75) is 43.2 Å². The van der Waals surface area contributed by atoms with Gasteiger partial charge < -0.3 is 4.52 Å². The van der Waals surface area contributed by atoms with Crippen LogP contribution in [0.15, 0.2) is 59.1 Å². The van der Waals surface area contributed by atoms with Gasteiger partial charge in [0.05, 0.1) is 5.92 Å². The van der Waals surface area contributed by atoms with E-state index in [1.165, 1.54) is 6.42 Å². The monoisotopic (exact) mass is 363 g/mol. The summed E-state index contributed by atoms with van der Waals surface area (Å²) in [6, 6.07) is 17.8. The fraction of sp³-hybridized carbons (Fsp3) is 0.364. The van der Waals surface area contributed by atoms with E-state index in [0.29, 0.717) is 23.8 Å². The molecule has 0 aliphatic carbocycles. The smallest absolute Gasteiger partial charge is 0.232 e. The lowest BCUT2D eigenvalue weighted by molar-refractivity contribution is 0.120. The Hall–Kier alpha value is -2.53. The molecular formula is C22H22FN3O. The highest BCUT2D eigenvalue weighted by Gasteiger charge is 2.48. The maximum absolute atomic E-state index is 13.4. The van der Waals surface area contributed by atoms with Crippen LogP contribution in [0.1, 0.15) is 42.6 Å². The van der Waals surface area contributed by atoms with E-state index < -0.39 is 0 Å². The van der Waals surface area contributed by atoms with Gasteiger partial charge in [0, 0.05) is 17.6 Å². The molecule has 3 aromatic rings. The average Bonchev–Trinajstić information content (AvgIpc) is 3.26. The van der Waals surface area contributed by atoms with E-state index in [-0.39, 0.29) is 17.7 Å². The molecule has 3 heterocycles. The quantitative estimate of drug-likeness (QED) is 0.681. The molecule has 2 aromatic carbocycles. The summed E-state index contributed by atoms with van der Waals surface area (Å²) in [4.78, 5) is 7.24. The van der Waals surface area contributed by atoms with Gasteiger partial charge in [-0.2, -0.15) is 4.98 Å². The molecule has 1 aromatic heterocycles. The maximum Gasteiger partial charge on any atom is 0.232 e. The third kappa shape index (κ3) is 2.86. The molecule has 0 N–H and O–H groups in total. The van der Waals surface area contributed by atoms with Gasteiger partial charge in [0.25, 0.3) is 0 Å². The summed E-state index contributed by atoms with van der Waals surface area (Å²) < 4.78 is 19.2. The Morgan fingerprint density at radius 3 is 2.59 bits per heavy atom. The van der Waals surface area contributed by atoms with Gasteiger partial charge in [-0.1, -0.05) is 47.6 Å². The zero-order chi connectivity index (χ0) is 18.4. The summed E-state index contributed by atoms with van der Waals surface area (Å²) in [6.07, 6.45) is 3.36. The third-order valence-electron chi connectivity index (χ3n) is 6.33. The first kappa shape index (κ1) is 16.6. The Kier molecular flexibility index (Phi) is 4.05. The summed E-state index contributed by atoms with van der Waals surface area (Å²) in [6.45, 7) is 0. The minimum absolute atomic E-state index is 0.129. The molecule has 138 valence electrons. The van der Waals surface area contributed by atoms with Gasteiger partial charge in [-0.15, -0.1) is 0 Å². The predicted molar refractivity (Wildman–Crippen MR) is 101 cm³/mol. The van der Waals surface area contributed by atoms with Crippen LogP contribution in [0.25, 0.3) is 11.4 Å². The summed E-state index contributed by atoms with van der Waals surface area (Å²) in [5, 5.41) is 4.25. The number of nitrogens with zero attached hydrogens (tertiary/aromatic N) is 3. The van der Waals surface area contributed by atoms with Crippen molar-refractivity contribution in [1.82, 2.24) is 15.0 Å². The normalized spacial score (nSPS) is 27.8. The van der Waals surface area contributed by atoms with Crippen LogP contribution in [0.3, 0.4) is 0 Å². The number of rotatable bonds is 3. The number of likely N-dealkylation sites (N-methyl/N-ethyl adjacent to an activating group) is 1. The second kappa shape index (κ2) is 6.57. The lowest BCUT2D eigenvalue weighted by Gasteiger charge is -2.41. The third-order valence-corrected chi connectivity index (χ3v) is 6.33. The van der Waals surface area contributed by atoms with Crippen LogP contribution in [-0.2, 0) is 0 Å². The minimum atomic E-state index is -0.199. The largest absolute Gasteiger partial charge is 0.339 e. The number of benzene rings is 2. The molecule has 2 fully saturated rings. The highest BCUT2D eigenvalue weighted by Crippen LogP contribution is 2.50. The van der Waals surface area contributed by atoms with E-state index in [2.05, 4.69) is 17.1 Å². The van der Waals surface area contributed by atoms with E-state index in [9.17, 15) is 4.39 Å². The molecule has 0 radical (unpaired) electrons. The SMILES string of the molecule is CN1[C@@H]2CC[C@@H]1[C@H](c1nc(-c3ccccc3)no1)[C@H](c1ccc(F)cc1)C2. The zero-order valence-electron chi connectivity index (χ0n) is 15.3. The zero-order valence-corrected chi connectivity index (χ0v) is 15.3. The number of fused-ring (bicyclic) bond motifs is 2. The van der Waals surface area contributed by atoms with Crippen LogP contribution in [-0.4, -0.2) is 34.2 Å². The van der Waals surface area contributed by atoms with Crippen molar-refractivity contribution in [3.63, 3.8) is 0 Å². The van der Waals surface area contributed by atoms with Crippen molar-refractivity contribution in [2.24, 2.45) is 0 Å². The number of halogens is 1. The van der Waals surface area contributed by atoms with E-state index in [1.54, 1.807) is 12.1 Å². The first-order valence-corrected chi connectivity index (χ1v) is 9.57. The lowest BCUT2D eigenvalue weighted by Crippen LogP contribution is -2.44. The Morgan fingerprint density at radius 1 is 1.04 bits per heavy atom. The maximum atomic E-state index is 13.4. The summed E-state index contributed by atoms with van der Waals surface area (Å²) in [5.41, 5.74) is 2.12. The van der Waals surface area contributed by atoms with Crippen molar-refractivity contribution in [3.05, 3.63) is 71.9 Å². The molecule has 0 unspecified atom stereocenters. The van der Waals surface area contributed by atoms with E-state index in [0.717, 1.165) is 24.0 Å². The molecule has 5 rings (SSSR count). The molecule has 0 saturated carbocycles. The molecule has 5 heteroatoms. The van der Waals surface area contributed by atoms with Crippen molar-refractivity contribution >= 4 is 0 Å². The Bertz CT molecular complexity index is 924. The molecule has 2 aliphatic rings. The van der Waals surface area contributed by atoms with Gasteiger partial charge in [0.2, 0.25) is 11.7 Å². The lowest BCUT2D eigenvalue weighted by atomic mass is 9.76. The van der Waals surface area contributed by atoms with E-state index in [1.807, 2.05) is 42.5 Å². The molecule has 2 bridgehead atoms. The second-order valence-electron chi connectivity index (χ2n) is 7.71. The molecular weight excluding hydrogens is 341 g/mol. The average molecular weight is 363 g/mol. The Labute approximate surface area is 158 Å². The summed E-state index contributed by atoms with van der Waals surface area (Å²) in [7, 11) is 2.20. The van der Waals surface area contributed by atoms with Crippen molar-refractivity contribution in [2.75, 3.05) is 7.05 Å². The number of hydrogen-bond donors (Lipinski definition) is 0. The van der Waals surface area contributed by atoms with Gasteiger partial charge in [-0.3, -0.25) is 4.90 Å². The molecule has 4 atom stereocenters. The van der Waals surface area contributed by atoms with Crippen molar-refractivity contribution in [1.29, 1.82) is 0 Å². The minimum Gasteiger partial charge on any atom is -0.339 e. The Balaban J connectivity index is 1.54. The fourth-order valence-electron chi connectivity index (χ4n) is 4.93. The molecule has 0 spiro atoms. The van der Waals surface area contributed by atoms with Crippen LogP contribution >= 0.6 is 0 Å². The van der Waals surface area contributed by atoms with Crippen LogP contribution in [0.5, 0.6) is 0 Å². The van der Waals surface area contributed by atoms with Crippen LogP contribution in [0, 0.1) is 5.82 Å². The highest BCUT2D eigenvalue weighted by atomic mass is 19.1. The fourth-order valence-corrected chi connectivity index (χ4v) is 4.93. The molecule has 4 nitrogen and oxygen atoms in total. The second-order valence-corrected chi connectivity index (χ2v) is 7.71. The number of aromatic nitrogens is 2. The predicted octanol–water partition coefficient (Wildman–Crippen LogP) is 4.61. The van der Waals surface area contributed by atoms with Gasteiger partial charge in [0.1, 0.15) is 5.82 Å². The standard InChI is InChI=1S/C22H22FN3O/c1-26-17-11-12-19(26)20(18(13-17)14-7-9-16(23)10-8-14)22-24-21(25-27-22)15-5-3-2-4-6-15/h2-10,17-20H,11-13H2,1H3/t17-,18+,19-,20-/m1/s1. The summed E-state index contributed by atoms with van der Waals surface area (Å²) in [5.74, 6) is 1.52. The highest BCUT2D eigenvalue weighted by molar-refractivity contribution is 5.53. The molecule has 2 aliphatic heterocycles. The number of hydrogen-bond acceptors (Lipinski definition) is 4. The van der Waals surface area contributed by atoms with E-state index >= 15 is 0 Å². The molecule has 0 amide bonds. The van der Waals surface area contributed by atoms with Crippen molar-refractivity contribution in [3.8, 4) is 11.4 Å². The van der Waals surface area contributed by atoms with Gasteiger partial charge in [-0.25, -0.2) is 4.39 Å². The van der Waals surface area contributed by atoms with Gasteiger partial charge >= 0.3 is 0 Å². The van der Waals surface area contributed by atoms with Gasteiger partial charge in [-0.05, 0) is 49.9 Å². The van der Waals surface area contributed by atoms with E-state index in [4.69, 9.17) is 9.51 Å². The first-order chi connectivity index (χ1) is 13.2. The first-order valence-electron chi connectivity index (χ1n) is 9.57. The van der Waals surface area contributed by atoms with Crippen LogP contribution < -0.4 is 0 Å².